The second kappa shape index (κ2) is 8.30. The molecule has 0 radical (unpaired) electrons. The predicted octanol–water partition coefficient (Wildman–Crippen LogP) is 4.45. The highest BCUT2D eigenvalue weighted by atomic mass is 16.1. The molecule has 5 rings (SSSR count). The summed E-state index contributed by atoms with van der Waals surface area (Å²) in [7, 11) is 1.91. The van der Waals surface area contributed by atoms with Gasteiger partial charge in [-0.2, -0.15) is 5.10 Å². The SMILES string of the molecule is Cn1cc(-c2ccc3cnc(CC(=O)c4ccnc(N5CCCCC5)c4)cc3c2)cn1. The van der Waals surface area contributed by atoms with Gasteiger partial charge in [0.2, 0.25) is 0 Å². The molecule has 1 saturated heterocycles. The molecule has 0 N–H and O–H groups in total. The second-order valence-corrected chi connectivity index (χ2v) is 8.19. The number of hydrogen-bond donors (Lipinski definition) is 0. The smallest absolute Gasteiger partial charge is 0.169 e. The largest absolute Gasteiger partial charge is 0.357 e. The fourth-order valence-electron chi connectivity index (χ4n) is 4.19. The summed E-state index contributed by atoms with van der Waals surface area (Å²) in [6.07, 6.45) is 11.3. The molecule has 0 bridgehead atoms. The molecule has 1 aliphatic heterocycles. The number of rotatable bonds is 5. The molecule has 0 spiro atoms. The summed E-state index contributed by atoms with van der Waals surface area (Å²) in [5.74, 6) is 0.967. The van der Waals surface area contributed by atoms with Crippen LogP contribution < -0.4 is 4.90 Å². The van der Waals surface area contributed by atoms with E-state index < -0.39 is 0 Å². The van der Waals surface area contributed by atoms with Gasteiger partial charge in [-0.05, 0) is 54.5 Å². The number of fused-ring (bicyclic) bond motifs is 1. The quantitative estimate of drug-likeness (QED) is 0.454. The lowest BCUT2D eigenvalue weighted by Crippen LogP contribution is -2.30. The first-order valence-corrected chi connectivity index (χ1v) is 10.8. The summed E-state index contributed by atoms with van der Waals surface area (Å²) in [5.41, 5.74) is 3.64. The number of pyridine rings is 2. The van der Waals surface area contributed by atoms with Crippen LogP contribution in [0.1, 0.15) is 35.3 Å². The minimum Gasteiger partial charge on any atom is -0.357 e. The van der Waals surface area contributed by atoms with Crippen LogP contribution in [0.5, 0.6) is 0 Å². The topological polar surface area (TPSA) is 63.9 Å². The average molecular weight is 412 g/mol. The number of carbonyl (C=O) groups is 1. The van der Waals surface area contributed by atoms with Crippen molar-refractivity contribution in [3.8, 4) is 11.1 Å². The Kier molecular flexibility index (Phi) is 5.20. The highest BCUT2D eigenvalue weighted by molar-refractivity contribution is 5.98. The van der Waals surface area contributed by atoms with Crippen LogP contribution in [0, 0.1) is 0 Å². The molecule has 0 aliphatic carbocycles. The van der Waals surface area contributed by atoms with E-state index in [1.54, 1.807) is 16.9 Å². The van der Waals surface area contributed by atoms with Crippen LogP contribution in [-0.2, 0) is 13.5 Å². The van der Waals surface area contributed by atoms with Crippen LogP contribution in [-0.4, -0.2) is 38.6 Å². The molecule has 3 aromatic heterocycles. The van der Waals surface area contributed by atoms with E-state index in [4.69, 9.17) is 0 Å². The third kappa shape index (κ3) is 4.19. The molecule has 0 saturated carbocycles. The van der Waals surface area contributed by atoms with Crippen molar-refractivity contribution < 1.29 is 4.79 Å². The maximum absolute atomic E-state index is 13.0. The van der Waals surface area contributed by atoms with Crippen LogP contribution in [0.15, 0.2) is 61.2 Å². The molecule has 0 unspecified atom stereocenters. The lowest BCUT2D eigenvalue weighted by molar-refractivity contribution is 0.0992. The van der Waals surface area contributed by atoms with Gasteiger partial charge >= 0.3 is 0 Å². The van der Waals surface area contributed by atoms with E-state index >= 15 is 0 Å². The Morgan fingerprint density at radius 3 is 2.61 bits per heavy atom. The van der Waals surface area contributed by atoms with Crippen LogP contribution in [0.25, 0.3) is 21.9 Å². The van der Waals surface area contributed by atoms with Gasteiger partial charge in [0, 0.05) is 60.9 Å². The van der Waals surface area contributed by atoms with Crippen LogP contribution in [0.3, 0.4) is 0 Å². The Morgan fingerprint density at radius 1 is 0.935 bits per heavy atom. The van der Waals surface area contributed by atoms with Gasteiger partial charge < -0.3 is 4.90 Å². The zero-order valence-electron chi connectivity index (χ0n) is 17.7. The Morgan fingerprint density at radius 2 is 1.81 bits per heavy atom. The molecular weight excluding hydrogens is 386 g/mol. The molecule has 31 heavy (non-hydrogen) atoms. The minimum atomic E-state index is 0.0657. The molecule has 0 atom stereocenters. The molecule has 4 heterocycles. The summed E-state index contributed by atoms with van der Waals surface area (Å²) in [5, 5.41) is 6.38. The van der Waals surface area contributed by atoms with Crippen molar-refractivity contribution >= 4 is 22.4 Å². The molecule has 1 aliphatic rings. The third-order valence-corrected chi connectivity index (χ3v) is 5.91. The fraction of sp³-hybridized carbons (Fsp3) is 0.280. The van der Waals surface area contributed by atoms with Crippen molar-refractivity contribution in [1.29, 1.82) is 0 Å². The van der Waals surface area contributed by atoms with E-state index in [1.165, 1.54) is 19.3 Å². The molecule has 1 fully saturated rings. The summed E-state index contributed by atoms with van der Waals surface area (Å²) in [6.45, 7) is 2.02. The van der Waals surface area contributed by atoms with Gasteiger partial charge in [0.1, 0.15) is 5.82 Å². The molecule has 6 nitrogen and oxygen atoms in total. The van der Waals surface area contributed by atoms with Crippen molar-refractivity contribution in [3.05, 3.63) is 72.4 Å². The van der Waals surface area contributed by atoms with Crippen molar-refractivity contribution in [2.24, 2.45) is 7.05 Å². The average Bonchev–Trinajstić information content (AvgIpc) is 3.25. The molecule has 0 amide bonds. The maximum Gasteiger partial charge on any atom is 0.169 e. The molecule has 4 aromatic rings. The van der Waals surface area contributed by atoms with E-state index in [2.05, 4.69) is 38.2 Å². The van der Waals surface area contributed by atoms with E-state index in [0.29, 0.717) is 5.56 Å². The molecule has 156 valence electrons. The standard InChI is InChI=1S/C25H25N5O/c1-29-17-22(16-28-29)18-5-6-20-15-27-23(12-21(20)11-18)14-24(31)19-7-8-26-25(13-19)30-9-3-2-4-10-30/h5-8,11-13,15-17H,2-4,9-10,14H2,1H3. The Hall–Kier alpha value is -3.54. The van der Waals surface area contributed by atoms with Crippen molar-refractivity contribution in [3.63, 3.8) is 0 Å². The van der Waals surface area contributed by atoms with Gasteiger partial charge in [-0.25, -0.2) is 4.98 Å². The number of nitrogens with zero attached hydrogens (tertiary/aromatic N) is 5. The highest BCUT2D eigenvalue weighted by Gasteiger charge is 2.15. The number of aryl methyl sites for hydroxylation is 1. The van der Waals surface area contributed by atoms with E-state index in [1.807, 2.05) is 37.8 Å². The highest BCUT2D eigenvalue weighted by Crippen LogP contribution is 2.25. The number of aromatic nitrogens is 4. The molecule has 1 aromatic carbocycles. The zero-order chi connectivity index (χ0) is 21.2. The number of ketones is 1. The first-order valence-electron chi connectivity index (χ1n) is 10.8. The van der Waals surface area contributed by atoms with Crippen LogP contribution in [0.4, 0.5) is 5.82 Å². The lowest BCUT2D eigenvalue weighted by Gasteiger charge is -2.27. The Labute approximate surface area is 181 Å². The number of Topliss-reactive ketones (excluding diaryl/α,β-unsaturated/α-hetero) is 1. The molecular formula is C25H25N5O. The number of hydrogen-bond acceptors (Lipinski definition) is 5. The van der Waals surface area contributed by atoms with Crippen LogP contribution >= 0.6 is 0 Å². The number of anilines is 1. The van der Waals surface area contributed by atoms with E-state index in [9.17, 15) is 4.79 Å². The summed E-state index contributed by atoms with van der Waals surface area (Å²) >= 11 is 0. The van der Waals surface area contributed by atoms with Gasteiger partial charge in [0.05, 0.1) is 12.6 Å². The predicted molar refractivity (Wildman–Crippen MR) is 122 cm³/mol. The first-order chi connectivity index (χ1) is 15.2. The van der Waals surface area contributed by atoms with Gasteiger partial charge in [0.25, 0.3) is 0 Å². The number of piperidine rings is 1. The summed E-state index contributed by atoms with van der Waals surface area (Å²) in [4.78, 5) is 24.3. The zero-order valence-corrected chi connectivity index (χ0v) is 17.7. The summed E-state index contributed by atoms with van der Waals surface area (Å²) < 4.78 is 1.79. The number of carbonyl (C=O) groups excluding carboxylic acids is 1. The third-order valence-electron chi connectivity index (χ3n) is 5.91. The Balaban J connectivity index is 1.37. The van der Waals surface area contributed by atoms with Crippen molar-refractivity contribution in [2.75, 3.05) is 18.0 Å². The van der Waals surface area contributed by atoms with Crippen molar-refractivity contribution in [2.45, 2.75) is 25.7 Å². The Bertz CT molecular complexity index is 1240. The first kappa shape index (κ1) is 19.4. The maximum atomic E-state index is 13.0. The van der Waals surface area contributed by atoms with Crippen molar-refractivity contribution in [1.82, 2.24) is 19.7 Å². The van der Waals surface area contributed by atoms with Gasteiger partial charge in [-0.15, -0.1) is 0 Å². The van der Waals surface area contributed by atoms with Gasteiger partial charge in [-0.1, -0.05) is 12.1 Å². The monoisotopic (exact) mass is 411 g/mol. The van der Waals surface area contributed by atoms with Gasteiger partial charge in [0.15, 0.2) is 5.78 Å². The lowest BCUT2D eigenvalue weighted by atomic mass is 10.0. The van der Waals surface area contributed by atoms with Gasteiger partial charge in [-0.3, -0.25) is 14.5 Å². The fourth-order valence-corrected chi connectivity index (χ4v) is 4.19. The molecule has 6 heteroatoms. The van der Waals surface area contributed by atoms with E-state index in [-0.39, 0.29) is 12.2 Å². The number of benzene rings is 1. The summed E-state index contributed by atoms with van der Waals surface area (Å²) in [6, 6.07) is 12.0. The normalized spacial score (nSPS) is 14.2. The second-order valence-electron chi connectivity index (χ2n) is 8.19. The van der Waals surface area contributed by atoms with Crippen LogP contribution in [0.2, 0.25) is 0 Å². The van der Waals surface area contributed by atoms with E-state index in [0.717, 1.165) is 46.5 Å². The minimum absolute atomic E-state index is 0.0657.